The number of carbonyl (C=O) groups is 1. The third-order valence-corrected chi connectivity index (χ3v) is 2.14. The van der Waals surface area contributed by atoms with E-state index in [-0.39, 0.29) is 12.1 Å². The monoisotopic (exact) mass is 252 g/mol. The Balaban J connectivity index is 3.23. The number of carboxylic acid groups (broad SMARTS) is 1. The van der Waals surface area contributed by atoms with Crippen molar-refractivity contribution >= 4 is 11.7 Å². The molecule has 0 spiro atoms. The highest BCUT2D eigenvalue weighted by Crippen LogP contribution is 2.24. The van der Waals surface area contributed by atoms with Crippen LogP contribution in [0.2, 0.25) is 0 Å². The molecule has 1 rings (SSSR count). The Labute approximate surface area is 102 Å². The fourth-order valence-corrected chi connectivity index (χ4v) is 1.49. The fraction of sp³-hybridized carbons (Fsp3) is 0.167. The second-order valence-electron chi connectivity index (χ2n) is 3.46. The predicted molar refractivity (Wildman–Crippen MR) is 61.1 cm³/mol. The van der Waals surface area contributed by atoms with Crippen LogP contribution < -0.4 is 4.90 Å². The number of hydrogen-bond donors (Lipinski definition) is 1. The van der Waals surface area contributed by atoms with Gasteiger partial charge in [0.1, 0.15) is 12.2 Å². The van der Waals surface area contributed by atoms with Gasteiger partial charge in [0.2, 0.25) is 0 Å². The molecule has 0 aliphatic heterocycles. The molecule has 0 amide bonds. The number of aliphatic carboxylic acids is 1. The van der Waals surface area contributed by atoms with Crippen LogP contribution in [0.5, 0.6) is 0 Å². The van der Waals surface area contributed by atoms with E-state index in [0.717, 1.165) is 17.0 Å². The molecule has 0 atom stereocenters. The predicted octanol–water partition coefficient (Wildman–Crippen LogP) is 1.91. The van der Waals surface area contributed by atoms with E-state index >= 15 is 0 Å². The van der Waals surface area contributed by atoms with Crippen LogP contribution in [-0.2, 0) is 4.79 Å². The van der Waals surface area contributed by atoms with Gasteiger partial charge in [0, 0.05) is 6.54 Å². The van der Waals surface area contributed by atoms with Gasteiger partial charge < -0.3 is 10.0 Å². The van der Waals surface area contributed by atoms with Gasteiger partial charge in [-0.1, -0.05) is 6.08 Å². The smallest absolute Gasteiger partial charge is 0.323 e. The van der Waals surface area contributed by atoms with Crippen molar-refractivity contribution in [3.05, 3.63) is 42.0 Å². The highest BCUT2D eigenvalue weighted by atomic mass is 19.1. The number of nitriles is 1. The minimum absolute atomic E-state index is 0.0218. The Kier molecular flexibility index (Phi) is 4.38. The Hall–Kier alpha value is -2.42. The van der Waals surface area contributed by atoms with Gasteiger partial charge in [0.05, 0.1) is 11.6 Å². The third kappa shape index (κ3) is 3.04. The maximum absolute atomic E-state index is 13.7. The lowest BCUT2D eigenvalue weighted by molar-refractivity contribution is -0.135. The van der Waals surface area contributed by atoms with Crippen LogP contribution in [0.15, 0.2) is 24.8 Å². The summed E-state index contributed by atoms with van der Waals surface area (Å²) in [4.78, 5) is 11.6. The average Bonchev–Trinajstić information content (AvgIpc) is 2.27. The highest BCUT2D eigenvalue weighted by molar-refractivity contribution is 5.74. The number of nitrogens with zero attached hydrogens (tertiary/aromatic N) is 2. The summed E-state index contributed by atoms with van der Waals surface area (Å²) in [7, 11) is 0. The van der Waals surface area contributed by atoms with Crippen molar-refractivity contribution in [3.8, 4) is 6.07 Å². The lowest BCUT2D eigenvalue weighted by atomic mass is 10.2. The van der Waals surface area contributed by atoms with Crippen molar-refractivity contribution in [2.75, 3.05) is 18.0 Å². The summed E-state index contributed by atoms with van der Waals surface area (Å²) in [5.41, 5.74) is -0.640. The lowest BCUT2D eigenvalue weighted by Gasteiger charge is -2.22. The third-order valence-electron chi connectivity index (χ3n) is 2.14. The van der Waals surface area contributed by atoms with E-state index in [2.05, 4.69) is 6.58 Å². The minimum atomic E-state index is -1.22. The van der Waals surface area contributed by atoms with Gasteiger partial charge in [-0.3, -0.25) is 4.79 Å². The summed E-state index contributed by atoms with van der Waals surface area (Å²) in [6.45, 7) is 2.81. The van der Waals surface area contributed by atoms with Crippen LogP contribution in [0, 0.1) is 23.0 Å². The van der Waals surface area contributed by atoms with Crippen molar-refractivity contribution in [1.29, 1.82) is 5.26 Å². The number of hydrogen-bond acceptors (Lipinski definition) is 3. The van der Waals surface area contributed by atoms with Gasteiger partial charge >= 0.3 is 5.97 Å². The van der Waals surface area contributed by atoms with Crippen LogP contribution in [-0.4, -0.2) is 24.2 Å². The Bertz CT molecular complexity index is 500. The highest BCUT2D eigenvalue weighted by Gasteiger charge is 2.19. The summed E-state index contributed by atoms with van der Waals surface area (Å²) in [5.74, 6) is -3.18. The Morgan fingerprint density at radius 1 is 1.50 bits per heavy atom. The van der Waals surface area contributed by atoms with E-state index in [9.17, 15) is 13.6 Å². The summed E-state index contributed by atoms with van der Waals surface area (Å²) < 4.78 is 27.3. The molecule has 1 aromatic carbocycles. The molecule has 1 N–H and O–H groups in total. The largest absolute Gasteiger partial charge is 0.480 e. The van der Waals surface area contributed by atoms with Gasteiger partial charge in [-0.05, 0) is 12.1 Å². The lowest BCUT2D eigenvalue weighted by Crippen LogP contribution is -2.31. The van der Waals surface area contributed by atoms with Crippen molar-refractivity contribution in [3.63, 3.8) is 0 Å². The molecule has 4 nitrogen and oxygen atoms in total. The maximum Gasteiger partial charge on any atom is 0.323 e. The molecule has 0 unspecified atom stereocenters. The first-order valence-electron chi connectivity index (χ1n) is 4.96. The molecule has 0 aliphatic carbocycles. The first kappa shape index (κ1) is 13.6. The quantitative estimate of drug-likeness (QED) is 0.813. The van der Waals surface area contributed by atoms with Gasteiger partial charge in [-0.2, -0.15) is 5.26 Å². The zero-order valence-electron chi connectivity index (χ0n) is 9.36. The molecule has 0 saturated heterocycles. The average molecular weight is 252 g/mol. The molecule has 0 radical (unpaired) electrons. The van der Waals surface area contributed by atoms with Gasteiger partial charge in [0.15, 0.2) is 11.6 Å². The topological polar surface area (TPSA) is 64.3 Å². The molecule has 0 fully saturated rings. The normalized spacial score (nSPS) is 9.61. The summed E-state index contributed by atoms with van der Waals surface area (Å²) in [5, 5.41) is 17.2. The first-order chi connectivity index (χ1) is 8.49. The van der Waals surface area contributed by atoms with E-state index in [4.69, 9.17) is 10.4 Å². The SMILES string of the molecule is C=CCN(CC(=O)O)c1c(F)cc(C#N)cc1F. The summed E-state index contributed by atoms with van der Waals surface area (Å²) in [6, 6.07) is 3.33. The van der Waals surface area contributed by atoms with Gasteiger partial charge in [-0.25, -0.2) is 8.78 Å². The van der Waals surface area contributed by atoms with Crippen molar-refractivity contribution in [1.82, 2.24) is 0 Å². The van der Waals surface area contributed by atoms with Crippen LogP contribution in [0.3, 0.4) is 0 Å². The van der Waals surface area contributed by atoms with Crippen LogP contribution in [0.4, 0.5) is 14.5 Å². The molecule has 0 aromatic heterocycles. The second kappa shape index (κ2) is 5.77. The van der Waals surface area contributed by atoms with E-state index in [0.29, 0.717) is 0 Å². The van der Waals surface area contributed by atoms with E-state index < -0.39 is 29.8 Å². The minimum Gasteiger partial charge on any atom is -0.480 e. The standard InChI is InChI=1S/C12H10F2N2O2/c1-2-3-16(7-11(17)18)12-9(13)4-8(6-15)5-10(12)14/h2,4-5H,1,3,7H2,(H,17,18). The number of carboxylic acids is 1. The molecule has 18 heavy (non-hydrogen) atoms. The Morgan fingerprint density at radius 2 is 2.06 bits per heavy atom. The van der Waals surface area contributed by atoms with E-state index in [1.165, 1.54) is 6.08 Å². The van der Waals surface area contributed by atoms with Crippen molar-refractivity contribution < 1.29 is 18.7 Å². The molecular weight excluding hydrogens is 242 g/mol. The Morgan fingerprint density at radius 3 is 2.44 bits per heavy atom. The van der Waals surface area contributed by atoms with Crippen LogP contribution >= 0.6 is 0 Å². The molecule has 0 aliphatic rings. The van der Waals surface area contributed by atoms with Crippen molar-refractivity contribution in [2.45, 2.75) is 0 Å². The fourth-order valence-electron chi connectivity index (χ4n) is 1.49. The number of halogens is 2. The zero-order valence-corrected chi connectivity index (χ0v) is 9.36. The number of rotatable bonds is 5. The summed E-state index contributed by atoms with van der Waals surface area (Å²) >= 11 is 0. The molecule has 6 heteroatoms. The zero-order chi connectivity index (χ0) is 13.7. The van der Waals surface area contributed by atoms with Gasteiger partial charge in [-0.15, -0.1) is 6.58 Å². The first-order valence-corrected chi connectivity index (χ1v) is 4.96. The van der Waals surface area contributed by atoms with E-state index in [1.807, 2.05) is 0 Å². The van der Waals surface area contributed by atoms with Crippen molar-refractivity contribution in [2.24, 2.45) is 0 Å². The van der Waals surface area contributed by atoms with Crippen LogP contribution in [0.1, 0.15) is 5.56 Å². The number of anilines is 1. The van der Waals surface area contributed by atoms with E-state index in [1.54, 1.807) is 6.07 Å². The molecule has 0 heterocycles. The second-order valence-corrected chi connectivity index (χ2v) is 3.46. The molecule has 1 aromatic rings. The van der Waals surface area contributed by atoms with Gasteiger partial charge in [0.25, 0.3) is 0 Å². The molecular formula is C12H10F2N2O2. The van der Waals surface area contributed by atoms with Crippen LogP contribution in [0.25, 0.3) is 0 Å². The number of benzene rings is 1. The maximum atomic E-state index is 13.7. The molecule has 94 valence electrons. The molecule has 0 bridgehead atoms. The molecule has 0 saturated carbocycles. The summed E-state index contributed by atoms with van der Waals surface area (Å²) in [6.07, 6.45) is 1.33.